The molecule has 1 saturated heterocycles. The van der Waals surface area contributed by atoms with Crippen molar-refractivity contribution in [3.63, 3.8) is 0 Å². The predicted molar refractivity (Wildman–Crippen MR) is 124 cm³/mol. The van der Waals surface area contributed by atoms with Gasteiger partial charge in [0.1, 0.15) is 11.3 Å². The highest BCUT2D eigenvalue weighted by Gasteiger charge is 2.46. The van der Waals surface area contributed by atoms with Gasteiger partial charge in [-0.15, -0.1) is 12.4 Å². The van der Waals surface area contributed by atoms with Gasteiger partial charge in [-0.25, -0.2) is 0 Å². The second-order valence-corrected chi connectivity index (χ2v) is 8.72. The summed E-state index contributed by atoms with van der Waals surface area (Å²) >= 11 is 12.3. The minimum absolute atomic E-state index is 0. The summed E-state index contributed by atoms with van der Waals surface area (Å²) in [5, 5.41) is 4.58. The van der Waals surface area contributed by atoms with Crippen LogP contribution in [0.1, 0.15) is 29.5 Å². The molecule has 30 heavy (non-hydrogen) atoms. The van der Waals surface area contributed by atoms with Crippen LogP contribution in [0.3, 0.4) is 0 Å². The van der Waals surface area contributed by atoms with E-state index in [4.69, 9.17) is 27.9 Å². The van der Waals surface area contributed by atoms with Crippen LogP contribution in [0, 0.1) is 0 Å². The fourth-order valence-electron chi connectivity index (χ4n) is 4.66. The van der Waals surface area contributed by atoms with Gasteiger partial charge in [-0.1, -0.05) is 41.4 Å². The molecule has 2 aromatic carbocycles. The maximum absolute atomic E-state index is 13.9. The maximum atomic E-state index is 13.9. The number of carbonyl (C=O) groups excluding carboxylic acids is 1. The van der Waals surface area contributed by atoms with Crippen molar-refractivity contribution in [2.75, 3.05) is 33.3 Å². The third-order valence-electron chi connectivity index (χ3n) is 6.06. The van der Waals surface area contributed by atoms with E-state index in [1.54, 1.807) is 19.2 Å². The number of rotatable bonds is 6. The van der Waals surface area contributed by atoms with E-state index in [-0.39, 0.29) is 24.6 Å². The Kier molecular flexibility index (Phi) is 7.70. The Balaban J connectivity index is 0.00000256. The summed E-state index contributed by atoms with van der Waals surface area (Å²) in [6.45, 7) is 3.46. The molecule has 2 aliphatic heterocycles. The largest absolute Gasteiger partial charge is 0.496 e. The first-order valence-electron chi connectivity index (χ1n) is 10.1. The zero-order chi connectivity index (χ0) is 20.4. The Labute approximate surface area is 194 Å². The van der Waals surface area contributed by atoms with E-state index >= 15 is 0 Å². The van der Waals surface area contributed by atoms with Crippen molar-refractivity contribution in [2.24, 2.45) is 0 Å². The number of halogens is 3. The number of hydrogen-bond donors (Lipinski definition) is 1. The Morgan fingerprint density at radius 1 is 1.17 bits per heavy atom. The number of benzene rings is 2. The Bertz CT molecular complexity index is 901. The SMILES string of the molecule is COc1cccc2c1C(CN1CCCC1)(C(=O)Cc1ccc(Cl)c(Cl)c1)NCC2.Cl. The zero-order valence-corrected chi connectivity index (χ0v) is 19.4. The van der Waals surface area contributed by atoms with Crippen LogP contribution in [0.15, 0.2) is 36.4 Å². The molecule has 0 spiro atoms. The second kappa shape index (κ2) is 9.88. The van der Waals surface area contributed by atoms with Crippen molar-refractivity contribution in [3.8, 4) is 5.75 Å². The van der Waals surface area contributed by atoms with Crippen molar-refractivity contribution >= 4 is 41.4 Å². The molecule has 2 aromatic rings. The summed E-state index contributed by atoms with van der Waals surface area (Å²) < 4.78 is 5.72. The first-order valence-corrected chi connectivity index (χ1v) is 10.9. The number of hydrogen-bond acceptors (Lipinski definition) is 4. The molecule has 1 fully saturated rings. The molecule has 0 bridgehead atoms. The molecule has 1 atom stereocenters. The standard InChI is InChI=1S/C23H26Cl2N2O2.ClH/c1-29-20-6-4-5-17-9-10-26-23(22(17)20,15-27-11-2-3-12-27)21(28)14-16-7-8-18(24)19(25)13-16;/h4-8,13,26H,2-3,9-12,14-15H2,1H3;1H. The molecular formula is C23H27Cl3N2O2. The zero-order valence-electron chi connectivity index (χ0n) is 17.0. The predicted octanol–water partition coefficient (Wildman–Crippen LogP) is 4.67. The van der Waals surface area contributed by atoms with Gasteiger partial charge in [-0.2, -0.15) is 0 Å². The third kappa shape index (κ3) is 4.49. The number of carbonyl (C=O) groups is 1. The van der Waals surface area contributed by atoms with E-state index in [1.165, 1.54) is 18.4 Å². The number of Topliss-reactive ketones (excluding diaryl/α,β-unsaturated/α-hetero) is 1. The normalized spacial score (nSPS) is 21.0. The molecule has 0 amide bonds. The second-order valence-electron chi connectivity index (χ2n) is 7.91. The van der Waals surface area contributed by atoms with Gasteiger partial charge in [-0.3, -0.25) is 10.1 Å². The van der Waals surface area contributed by atoms with E-state index in [0.29, 0.717) is 16.6 Å². The fourth-order valence-corrected chi connectivity index (χ4v) is 4.98. The summed E-state index contributed by atoms with van der Waals surface area (Å²) in [6, 6.07) is 11.5. The van der Waals surface area contributed by atoms with E-state index < -0.39 is 5.54 Å². The number of nitrogens with zero attached hydrogens (tertiary/aromatic N) is 1. The lowest BCUT2D eigenvalue weighted by Crippen LogP contribution is -2.59. The molecule has 2 heterocycles. The minimum atomic E-state index is -0.795. The number of ketones is 1. The highest BCUT2D eigenvalue weighted by atomic mass is 35.5. The molecule has 162 valence electrons. The van der Waals surface area contributed by atoms with Crippen LogP contribution < -0.4 is 10.1 Å². The van der Waals surface area contributed by atoms with Crippen LogP contribution in [0.5, 0.6) is 5.75 Å². The number of fused-ring (bicyclic) bond motifs is 1. The van der Waals surface area contributed by atoms with Crippen LogP contribution in [0.2, 0.25) is 10.0 Å². The van der Waals surface area contributed by atoms with Gasteiger partial charge in [0.2, 0.25) is 0 Å². The Morgan fingerprint density at radius 3 is 2.63 bits per heavy atom. The van der Waals surface area contributed by atoms with Gasteiger partial charge in [0, 0.05) is 25.1 Å². The molecule has 1 N–H and O–H groups in total. The average molecular weight is 470 g/mol. The van der Waals surface area contributed by atoms with E-state index in [0.717, 1.165) is 42.9 Å². The van der Waals surface area contributed by atoms with Gasteiger partial charge in [0.15, 0.2) is 5.78 Å². The smallest absolute Gasteiger partial charge is 0.163 e. The maximum Gasteiger partial charge on any atom is 0.163 e. The molecule has 1 unspecified atom stereocenters. The van der Waals surface area contributed by atoms with Gasteiger partial charge >= 0.3 is 0 Å². The first-order chi connectivity index (χ1) is 14.0. The van der Waals surface area contributed by atoms with Crippen LogP contribution >= 0.6 is 35.6 Å². The Hall–Kier alpha value is -1.30. The molecular weight excluding hydrogens is 443 g/mol. The van der Waals surface area contributed by atoms with E-state index in [9.17, 15) is 4.79 Å². The van der Waals surface area contributed by atoms with Gasteiger partial charge in [-0.05, 0) is 61.7 Å². The van der Waals surface area contributed by atoms with Crippen molar-refractivity contribution in [3.05, 3.63) is 63.1 Å². The highest BCUT2D eigenvalue weighted by molar-refractivity contribution is 6.42. The quantitative estimate of drug-likeness (QED) is 0.667. The highest BCUT2D eigenvalue weighted by Crippen LogP contribution is 2.39. The molecule has 0 radical (unpaired) electrons. The summed E-state index contributed by atoms with van der Waals surface area (Å²) in [5.74, 6) is 0.907. The summed E-state index contributed by atoms with van der Waals surface area (Å²) in [6.07, 6.45) is 3.52. The fraction of sp³-hybridized carbons (Fsp3) is 0.435. The molecule has 2 aliphatic rings. The van der Waals surface area contributed by atoms with Crippen LogP contribution in [-0.2, 0) is 23.2 Å². The van der Waals surface area contributed by atoms with Gasteiger partial charge in [0.05, 0.1) is 17.2 Å². The van der Waals surface area contributed by atoms with E-state index in [2.05, 4.69) is 16.3 Å². The molecule has 0 aromatic heterocycles. The van der Waals surface area contributed by atoms with Crippen LogP contribution in [-0.4, -0.2) is 44.0 Å². The first kappa shape index (κ1) is 23.4. The number of methoxy groups -OCH3 is 1. The monoisotopic (exact) mass is 468 g/mol. The average Bonchev–Trinajstić information content (AvgIpc) is 3.23. The van der Waals surface area contributed by atoms with Gasteiger partial charge < -0.3 is 9.64 Å². The lowest BCUT2D eigenvalue weighted by Gasteiger charge is -2.42. The third-order valence-corrected chi connectivity index (χ3v) is 6.80. The van der Waals surface area contributed by atoms with Crippen LogP contribution in [0.4, 0.5) is 0 Å². The number of ether oxygens (including phenoxy) is 1. The minimum Gasteiger partial charge on any atom is -0.496 e. The summed E-state index contributed by atoms with van der Waals surface area (Å²) in [4.78, 5) is 16.3. The summed E-state index contributed by atoms with van der Waals surface area (Å²) in [7, 11) is 1.67. The molecule has 0 aliphatic carbocycles. The van der Waals surface area contributed by atoms with Gasteiger partial charge in [0.25, 0.3) is 0 Å². The summed E-state index contributed by atoms with van der Waals surface area (Å²) in [5.41, 5.74) is 2.25. The molecule has 4 rings (SSSR count). The lowest BCUT2D eigenvalue weighted by atomic mass is 9.76. The lowest BCUT2D eigenvalue weighted by molar-refractivity contribution is -0.126. The van der Waals surface area contributed by atoms with Crippen molar-refractivity contribution < 1.29 is 9.53 Å². The van der Waals surface area contributed by atoms with E-state index in [1.807, 2.05) is 18.2 Å². The number of likely N-dealkylation sites (tertiary alicyclic amines) is 1. The number of nitrogens with one attached hydrogen (secondary N) is 1. The van der Waals surface area contributed by atoms with Crippen molar-refractivity contribution in [1.29, 1.82) is 0 Å². The Morgan fingerprint density at radius 2 is 1.93 bits per heavy atom. The van der Waals surface area contributed by atoms with Crippen molar-refractivity contribution in [2.45, 2.75) is 31.2 Å². The molecule has 0 saturated carbocycles. The molecule has 4 nitrogen and oxygen atoms in total. The van der Waals surface area contributed by atoms with Crippen LogP contribution in [0.25, 0.3) is 0 Å². The van der Waals surface area contributed by atoms with Crippen molar-refractivity contribution in [1.82, 2.24) is 10.2 Å². The molecule has 7 heteroatoms. The topological polar surface area (TPSA) is 41.6 Å².